The van der Waals surface area contributed by atoms with Crippen LogP contribution in [0.25, 0.3) is 0 Å². The average molecular weight is 335 g/mol. The molecule has 0 amide bonds. The van der Waals surface area contributed by atoms with Crippen LogP contribution < -0.4 is 5.73 Å². The van der Waals surface area contributed by atoms with Crippen LogP contribution >= 0.6 is 38.9 Å². The molecule has 2 aromatic rings. The second kappa shape index (κ2) is 5.48. The Balaban J connectivity index is 2.19. The zero-order chi connectivity index (χ0) is 12.4. The minimum absolute atomic E-state index is 0.241. The van der Waals surface area contributed by atoms with Gasteiger partial charge < -0.3 is 5.73 Å². The Morgan fingerprint density at radius 1 is 1.35 bits per heavy atom. The second-order valence-electron chi connectivity index (χ2n) is 3.68. The first-order valence-corrected chi connectivity index (χ1v) is 7.00. The fourth-order valence-electron chi connectivity index (χ4n) is 1.59. The third-order valence-electron chi connectivity index (χ3n) is 2.41. The standard InChI is InChI=1S/C12H10BrClFNS/c13-10-3-1-7(15)5-9(10)11(16)6-8-2-4-12(14)17-8/h1-5,11H,6,16H2. The van der Waals surface area contributed by atoms with Gasteiger partial charge in [0.25, 0.3) is 0 Å². The van der Waals surface area contributed by atoms with Crippen LogP contribution in [0.15, 0.2) is 34.8 Å². The molecule has 1 nitrogen and oxygen atoms in total. The minimum Gasteiger partial charge on any atom is -0.324 e. The molecule has 0 aliphatic carbocycles. The Kier molecular flexibility index (Phi) is 4.20. The van der Waals surface area contributed by atoms with E-state index in [4.69, 9.17) is 17.3 Å². The van der Waals surface area contributed by atoms with E-state index in [-0.39, 0.29) is 11.9 Å². The van der Waals surface area contributed by atoms with Gasteiger partial charge in [0.1, 0.15) is 5.82 Å². The van der Waals surface area contributed by atoms with E-state index in [0.29, 0.717) is 6.42 Å². The van der Waals surface area contributed by atoms with Crippen molar-refractivity contribution < 1.29 is 4.39 Å². The molecule has 0 spiro atoms. The van der Waals surface area contributed by atoms with Crippen LogP contribution in [0.2, 0.25) is 4.34 Å². The van der Waals surface area contributed by atoms with Crippen LogP contribution in [0, 0.1) is 5.82 Å². The van der Waals surface area contributed by atoms with Gasteiger partial charge in [-0.15, -0.1) is 11.3 Å². The predicted molar refractivity (Wildman–Crippen MR) is 74.1 cm³/mol. The van der Waals surface area contributed by atoms with E-state index in [9.17, 15) is 4.39 Å². The van der Waals surface area contributed by atoms with Crippen molar-refractivity contribution in [1.82, 2.24) is 0 Å². The highest BCUT2D eigenvalue weighted by molar-refractivity contribution is 9.10. The third kappa shape index (κ3) is 3.28. The fraction of sp³-hybridized carbons (Fsp3) is 0.167. The number of halogens is 3. The summed E-state index contributed by atoms with van der Waals surface area (Å²) in [5.41, 5.74) is 6.85. The molecule has 2 N–H and O–H groups in total. The zero-order valence-electron chi connectivity index (χ0n) is 8.79. The highest BCUT2D eigenvalue weighted by Crippen LogP contribution is 2.29. The molecule has 1 unspecified atom stereocenters. The SMILES string of the molecule is NC(Cc1ccc(Cl)s1)c1cc(F)ccc1Br. The predicted octanol–water partition coefficient (Wildman–Crippen LogP) is 4.55. The summed E-state index contributed by atoms with van der Waals surface area (Å²) in [6.07, 6.45) is 0.652. The maximum absolute atomic E-state index is 13.2. The summed E-state index contributed by atoms with van der Waals surface area (Å²) in [6, 6.07) is 8.09. The molecule has 2 rings (SSSR count). The van der Waals surface area contributed by atoms with Crippen molar-refractivity contribution >= 4 is 38.9 Å². The van der Waals surface area contributed by atoms with Gasteiger partial charge in [0.15, 0.2) is 0 Å². The molecule has 0 radical (unpaired) electrons. The molecule has 1 aromatic heterocycles. The van der Waals surface area contributed by atoms with E-state index in [1.54, 1.807) is 6.07 Å². The van der Waals surface area contributed by atoms with E-state index in [2.05, 4.69) is 15.9 Å². The Bertz CT molecular complexity index is 529. The first-order valence-electron chi connectivity index (χ1n) is 5.01. The zero-order valence-corrected chi connectivity index (χ0v) is 11.9. The van der Waals surface area contributed by atoms with E-state index in [1.165, 1.54) is 23.5 Å². The number of hydrogen-bond acceptors (Lipinski definition) is 2. The normalized spacial score (nSPS) is 12.7. The molecule has 90 valence electrons. The number of hydrogen-bond donors (Lipinski definition) is 1. The average Bonchev–Trinajstić information content (AvgIpc) is 2.67. The summed E-state index contributed by atoms with van der Waals surface area (Å²) in [6.45, 7) is 0. The van der Waals surface area contributed by atoms with E-state index in [0.717, 1.165) is 19.2 Å². The highest BCUT2D eigenvalue weighted by atomic mass is 79.9. The van der Waals surface area contributed by atoms with Gasteiger partial charge in [0, 0.05) is 21.8 Å². The van der Waals surface area contributed by atoms with Gasteiger partial charge in [-0.3, -0.25) is 0 Å². The maximum atomic E-state index is 13.2. The third-order valence-corrected chi connectivity index (χ3v) is 4.38. The van der Waals surface area contributed by atoms with Gasteiger partial charge in [-0.2, -0.15) is 0 Å². The molecule has 0 fully saturated rings. The van der Waals surface area contributed by atoms with Crippen molar-refractivity contribution in [1.29, 1.82) is 0 Å². The van der Waals surface area contributed by atoms with Crippen molar-refractivity contribution in [2.75, 3.05) is 0 Å². The van der Waals surface area contributed by atoms with Crippen LogP contribution in [-0.2, 0) is 6.42 Å². The fourth-order valence-corrected chi connectivity index (χ4v) is 3.27. The van der Waals surface area contributed by atoms with Crippen molar-refractivity contribution in [2.45, 2.75) is 12.5 Å². The Labute approximate surface area is 117 Å². The quantitative estimate of drug-likeness (QED) is 0.876. The van der Waals surface area contributed by atoms with Gasteiger partial charge in [-0.05, 0) is 35.9 Å². The number of thiophene rings is 1. The number of benzene rings is 1. The summed E-state index contributed by atoms with van der Waals surface area (Å²) in [5, 5.41) is 0. The molecule has 17 heavy (non-hydrogen) atoms. The van der Waals surface area contributed by atoms with Gasteiger partial charge >= 0.3 is 0 Å². The highest BCUT2D eigenvalue weighted by Gasteiger charge is 2.12. The second-order valence-corrected chi connectivity index (χ2v) is 6.34. The topological polar surface area (TPSA) is 26.0 Å². The number of rotatable bonds is 3. The van der Waals surface area contributed by atoms with Crippen molar-refractivity contribution in [2.24, 2.45) is 5.73 Å². The Hall–Kier alpha value is -0.420. The largest absolute Gasteiger partial charge is 0.324 e. The molecule has 1 aromatic carbocycles. The molecule has 1 atom stereocenters. The van der Waals surface area contributed by atoms with Crippen LogP contribution in [-0.4, -0.2) is 0 Å². The van der Waals surface area contributed by atoms with Gasteiger partial charge in [0.2, 0.25) is 0 Å². The Morgan fingerprint density at radius 3 is 2.76 bits per heavy atom. The summed E-state index contributed by atoms with van der Waals surface area (Å²) in [5.74, 6) is -0.275. The summed E-state index contributed by atoms with van der Waals surface area (Å²) < 4.78 is 14.7. The molecule has 0 saturated heterocycles. The molecular weight excluding hydrogens is 325 g/mol. The molecular formula is C12H10BrClFNS. The molecule has 0 bridgehead atoms. The first-order chi connectivity index (χ1) is 8.06. The molecule has 0 aliphatic rings. The van der Waals surface area contributed by atoms with Crippen LogP contribution in [0.5, 0.6) is 0 Å². The van der Waals surface area contributed by atoms with Crippen molar-refractivity contribution in [3.63, 3.8) is 0 Å². The van der Waals surface area contributed by atoms with Crippen molar-refractivity contribution in [3.05, 3.63) is 55.4 Å². The maximum Gasteiger partial charge on any atom is 0.123 e. The summed E-state index contributed by atoms with van der Waals surface area (Å²) in [7, 11) is 0. The molecule has 1 heterocycles. The van der Waals surface area contributed by atoms with E-state index in [1.807, 2.05) is 12.1 Å². The molecule has 0 saturated carbocycles. The lowest BCUT2D eigenvalue weighted by molar-refractivity contribution is 0.618. The van der Waals surface area contributed by atoms with Gasteiger partial charge in [-0.25, -0.2) is 4.39 Å². The number of nitrogens with two attached hydrogens (primary N) is 1. The lowest BCUT2D eigenvalue weighted by Crippen LogP contribution is -2.13. The van der Waals surface area contributed by atoms with Crippen molar-refractivity contribution in [3.8, 4) is 0 Å². The summed E-state index contributed by atoms with van der Waals surface area (Å²) in [4.78, 5) is 1.10. The summed E-state index contributed by atoms with van der Waals surface area (Å²) >= 11 is 10.7. The van der Waals surface area contributed by atoms with Crippen LogP contribution in [0.4, 0.5) is 4.39 Å². The van der Waals surface area contributed by atoms with E-state index < -0.39 is 0 Å². The van der Waals surface area contributed by atoms with Gasteiger partial charge in [-0.1, -0.05) is 27.5 Å². The van der Waals surface area contributed by atoms with E-state index >= 15 is 0 Å². The monoisotopic (exact) mass is 333 g/mol. The van der Waals surface area contributed by atoms with Crippen LogP contribution in [0.3, 0.4) is 0 Å². The lowest BCUT2D eigenvalue weighted by Gasteiger charge is -2.13. The lowest BCUT2D eigenvalue weighted by atomic mass is 10.0. The van der Waals surface area contributed by atoms with Gasteiger partial charge in [0.05, 0.1) is 4.34 Å². The smallest absolute Gasteiger partial charge is 0.123 e. The first kappa shape index (κ1) is 13.0. The molecule has 0 aliphatic heterocycles. The Morgan fingerprint density at radius 2 is 2.12 bits per heavy atom. The molecule has 5 heteroatoms. The minimum atomic E-state index is -0.275. The van der Waals surface area contributed by atoms with Crippen LogP contribution in [0.1, 0.15) is 16.5 Å².